The summed E-state index contributed by atoms with van der Waals surface area (Å²) in [4.78, 5) is 0. The molecule has 0 heterocycles. The number of benzene rings is 8. The van der Waals surface area contributed by atoms with E-state index in [1.54, 1.807) is 0 Å². The van der Waals surface area contributed by atoms with Crippen LogP contribution in [0.25, 0.3) is 66.1 Å². The van der Waals surface area contributed by atoms with Crippen LogP contribution in [0.3, 0.4) is 0 Å². The predicted octanol–water partition coefficient (Wildman–Crippen LogP) is 18.1. The summed E-state index contributed by atoms with van der Waals surface area (Å²) >= 11 is 0. The second kappa shape index (κ2) is 21.5. The van der Waals surface area contributed by atoms with Crippen LogP contribution < -0.4 is 5.73 Å². The van der Waals surface area contributed by atoms with Gasteiger partial charge in [-0.05, 0) is 167 Å². The highest BCUT2D eigenvalue weighted by atomic mass is 14.5. The highest BCUT2D eigenvalue weighted by molar-refractivity contribution is 6.08. The number of rotatable bonds is 6. The number of nitrogens with two attached hydrogens (primary N) is 1. The van der Waals surface area contributed by atoms with Gasteiger partial charge >= 0.3 is 0 Å². The first-order chi connectivity index (χ1) is 34.0. The van der Waals surface area contributed by atoms with Gasteiger partial charge in [0.15, 0.2) is 0 Å². The van der Waals surface area contributed by atoms with E-state index in [0.29, 0.717) is 18.4 Å². The minimum Gasteiger partial charge on any atom is -0.327 e. The summed E-state index contributed by atoms with van der Waals surface area (Å²) < 4.78 is 0. The molecule has 1 heteroatoms. The lowest BCUT2D eigenvalue weighted by Gasteiger charge is -2.22. The van der Waals surface area contributed by atoms with Crippen molar-refractivity contribution >= 4 is 21.5 Å². The fourth-order valence-electron chi connectivity index (χ4n) is 10.8. The quantitative estimate of drug-likeness (QED) is 0.165. The summed E-state index contributed by atoms with van der Waals surface area (Å²) in [6, 6.07) is 59.4. The molecule has 8 aromatic carbocycles. The summed E-state index contributed by atoms with van der Waals surface area (Å²) in [6.45, 7) is 13.3. The van der Waals surface area contributed by atoms with Gasteiger partial charge in [-0.2, -0.15) is 0 Å². The third-order valence-corrected chi connectivity index (χ3v) is 14.4. The zero-order chi connectivity index (χ0) is 47.9. The van der Waals surface area contributed by atoms with Crippen molar-refractivity contribution in [2.45, 2.75) is 79.6 Å². The summed E-state index contributed by atoms with van der Waals surface area (Å²) in [6.07, 6.45) is 20.8. The molecule has 2 unspecified atom stereocenters. The molecule has 0 aromatic heterocycles. The van der Waals surface area contributed by atoms with Gasteiger partial charge < -0.3 is 5.73 Å². The SMILES string of the molecule is CC.CC.CC(c1ccccc1)c1cccc2c1-c1cc(-c3ccc4c(ccc5ccccc54)c3)cc(-c3ccc4c(c3)CCc3ccccc3-4)c1C2.CC1C=CC=C(C2=CC=C(CN)CC2)C=C1. The van der Waals surface area contributed by atoms with Crippen LogP contribution in [0, 0.1) is 5.92 Å². The van der Waals surface area contributed by atoms with Gasteiger partial charge in [0.2, 0.25) is 0 Å². The summed E-state index contributed by atoms with van der Waals surface area (Å²) in [5.74, 6) is 0.833. The van der Waals surface area contributed by atoms with Gasteiger partial charge in [-0.3, -0.25) is 0 Å². The van der Waals surface area contributed by atoms with Crippen molar-refractivity contribution in [1.82, 2.24) is 0 Å². The van der Waals surface area contributed by atoms with Crippen molar-refractivity contribution in [3.05, 3.63) is 250 Å². The van der Waals surface area contributed by atoms with E-state index in [2.05, 4.69) is 214 Å². The van der Waals surface area contributed by atoms with Crippen molar-refractivity contribution in [3.63, 3.8) is 0 Å². The van der Waals surface area contributed by atoms with Gasteiger partial charge in [-0.15, -0.1) is 0 Å². The summed E-state index contributed by atoms with van der Waals surface area (Å²) in [5, 5.41) is 5.19. The average molecular weight is 898 g/mol. The molecule has 0 fully saturated rings. The summed E-state index contributed by atoms with van der Waals surface area (Å²) in [5.41, 5.74) is 29.2. The maximum Gasteiger partial charge on any atom is 0.0140 e. The van der Waals surface area contributed by atoms with E-state index in [9.17, 15) is 0 Å². The van der Waals surface area contributed by atoms with Crippen molar-refractivity contribution < 1.29 is 0 Å². The van der Waals surface area contributed by atoms with Gasteiger partial charge in [-0.25, -0.2) is 0 Å². The first-order valence-electron chi connectivity index (χ1n) is 25.6. The van der Waals surface area contributed by atoms with Crippen molar-refractivity contribution in [2.24, 2.45) is 11.7 Å². The normalized spacial score (nSPS) is 15.5. The van der Waals surface area contributed by atoms with E-state index in [-0.39, 0.29) is 0 Å². The largest absolute Gasteiger partial charge is 0.327 e. The molecule has 0 saturated heterocycles. The van der Waals surface area contributed by atoms with Crippen LogP contribution in [0.5, 0.6) is 0 Å². The Morgan fingerprint density at radius 2 is 1.23 bits per heavy atom. The van der Waals surface area contributed by atoms with Crippen LogP contribution in [0.15, 0.2) is 217 Å². The molecule has 0 bridgehead atoms. The average Bonchev–Trinajstić information content (AvgIpc) is 3.67. The number of aryl methyl sites for hydroxylation is 2. The lowest BCUT2D eigenvalue weighted by molar-refractivity contribution is 0.883. The zero-order valence-corrected chi connectivity index (χ0v) is 41.5. The van der Waals surface area contributed by atoms with Gasteiger partial charge in [-0.1, -0.05) is 229 Å². The minimum absolute atomic E-state index is 0.298. The van der Waals surface area contributed by atoms with Crippen LogP contribution in [0.2, 0.25) is 0 Å². The Hall–Kier alpha value is -7.06. The Balaban J connectivity index is 0.000000250. The highest BCUT2D eigenvalue weighted by Crippen LogP contribution is 2.49. The third-order valence-electron chi connectivity index (χ3n) is 14.4. The predicted molar refractivity (Wildman–Crippen MR) is 300 cm³/mol. The van der Waals surface area contributed by atoms with E-state index < -0.39 is 0 Å². The molecule has 12 rings (SSSR count). The maximum absolute atomic E-state index is 5.63. The zero-order valence-electron chi connectivity index (χ0n) is 41.5. The van der Waals surface area contributed by atoms with Crippen LogP contribution in [-0.2, 0) is 19.3 Å². The van der Waals surface area contributed by atoms with Gasteiger partial charge in [0.1, 0.15) is 0 Å². The van der Waals surface area contributed by atoms with Crippen molar-refractivity contribution in [2.75, 3.05) is 6.54 Å². The monoisotopic (exact) mass is 898 g/mol. The van der Waals surface area contributed by atoms with Gasteiger partial charge in [0, 0.05) is 12.5 Å². The molecule has 2 N–H and O–H groups in total. The standard InChI is InChI=1S/C49H36.C15H19N.2C2H6/c1-31(32-10-3-2-4-11-32)41-17-9-14-39-28-47-46(38-23-25-45-37(27-38)21-19-34-13-6-8-16-43(34)45)29-40(30-48(47)49(39)41)35-22-24-44-36(26-35)20-18-33-12-5-7-15-42(33)44;1-12-3-2-4-14(8-5-12)15-9-6-13(11-16)7-10-15;2*1-2/h2-18,20,22-27,29-31H,19,21,28H2,1H3;2-6,8-9,12H,7,10-11,16H2,1H3;2*1-2H3. The molecule has 0 radical (unpaired) electrons. The molecule has 0 saturated carbocycles. The van der Waals surface area contributed by atoms with Crippen LogP contribution in [0.1, 0.15) is 93.7 Å². The fraction of sp³-hybridized carbons (Fsp3) is 0.206. The van der Waals surface area contributed by atoms with Crippen molar-refractivity contribution in [1.29, 1.82) is 0 Å². The number of hydrogen-bond donors (Lipinski definition) is 1. The molecule has 0 spiro atoms. The molecule has 4 aliphatic rings. The minimum atomic E-state index is 0.298. The molecular weight excluding hydrogens is 831 g/mol. The first-order valence-corrected chi connectivity index (χ1v) is 25.6. The Kier molecular flexibility index (Phi) is 14.6. The second-order valence-corrected chi connectivity index (χ2v) is 18.4. The Morgan fingerprint density at radius 3 is 2.06 bits per heavy atom. The van der Waals surface area contributed by atoms with E-state index in [1.807, 2.05) is 27.7 Å². The highest BCUT2D eigenvalue weighted by Gasteiger charge is 2.28. The first kappa shape index (κ1) is 47.0. The second-order valence-electron chi connectivity index (χ2n) is 18.4. The van der Waals surface area contributed by atoms with Crippen LogP contribution >= 0.6 is 0 Å². The van der Waals surface area contributed by atoms with Gasteiger partial charge in [0.05, 0.1) is 0 Å². The third kappa shape index (κ3) is 9.67. The Labute approximate surface area is 412 Å². The number of allylic oxidation sites excluding steroid dienone is 9. The lowest BCUT2D eigenvalue weighted by Crippen LogP contribution is -2.06. The number of hydrogen-bond acceptors (Lipinski definition) is 1. The Morgan fingerprint density at radius 1 is 0.522 bits per heavy atom. The van der Waals surface area contributed by atoms with Gasteiger partial charge in [0.25, 0.3) is 0 Å². The molecule has 0 aliphatic heterocycles. The molecule has 69 heavy (non-hydrogen) atoms. The van der Waals surface area contributed by atoms with E-state index in [0.717, 1.165) is 32.1 Å². The molecule has 1 nitrogen and oxygen atoms in total. The van der Waals surface area contributed by atoms with E-state index in [4.69, 9.17) is 5.73 Å². The molecule has 0 amide bonds. The lowest BCUT2D eigenvalue weighted by atomic mass is 9.82. The molecule has 2 atom stereocenters. The number of fused-ring (bicyclic) bond motifs is 9. The van der Waals surface area contributed by atoms with Crippen molar-refractivity contribution in [3.8, 4) is 44.5 Å². The molecule has 344 valence electrons. The maximum atomic E-state index is 5.63. The molecule has 4 aliphatic carbocycles. The summed E-state index contributed by atoms with van der Waals surface area (Å²) in [7, 11) is 0. The molecule has 8 aromatic rings. The van der Waals surface area contributed by atoms with E-state index >= 15 is 0 Å². The van der Waals surface area contributed by atoms with Crippen LogP contribution in [-0.4, -0.2) is 6.54 Å². The molecular formula is C68H67N. The smallest absolute Gasteiger partial charge is 0.0140 e. The fourth-order valence-corrected chi connectivity index (χ4v) is 10.8. The Bertz CT molecular complexity index is 3300. The van der Waals surface area contributed by atoms with E-state index in [1.165, 1.54) is 116 Å². The topological polar surface area (TPSA) is 26.0 Å². The van der Waals surface area contributed by atoms with Crippen LogP contribution in [0.4, 0.5) is 0 Å².